The first kappa shape index (κ1) is 15.9. The Labute approximate surface area is 130 Å². The molecule has 0 unspecified atom stereocenters. The first-order chi connectivity index (χ1) is 10.6. The number of carbonyl (C=O) groups is 1. The molecule has 118 valence electrons. The second-order valence-corrected chi connectivity index (χ2v) is 4.96. The molecule has 2 aromatic rings. The highest BCUT2D eigenvalue weighted by atomic mass is 16.5. The fraction of sp³-hybridized carbons (Fsp3) is 0.375. The summed E-state index contributed by atoms with van der Waals surface area (Å²) in [5, 5.41) is 7.09. The number of nitrogens with one attached hydrogen (secondary N) is 1. The molecular weight excluding hydrogens is 282 g/mol. The number of methoxy groups -OCH3 is 2. The molecule has 0 bridgehead atoms. The smallest absolute Gasteiger partial charge is 0.251 e. The van der Waals surface area contributed by atoms with E-state index in [9.17, 15) is 4.79 Å². The van der Waals surface area contributed by atoms with Crippen LogP contribution in [0.1, 0.15) is 22.3 Å². The molecule has 6 heteroatoms. The van der Waals surface area contributed by atoms with Gasteiger partial charge in [-0.2, -0.15) is 5.10 Å². The Bertz CT molecular complexity index is 637. The van der Waals surface area contributed by atoms with Crippen molar-refractivity contribution in [3.63, 3.8) is 0 Å². The van der Waals surface area contributed by atoms with E-state index in [1.165, 1.54) is 0 Å². The van der Waals surface area contributed by atoms with Gasteiger partial charge >= 0.3 is 0 Å². The summed E-state index contributed by atoms with van der Waals surface area (Å²) in [5.41, 5.74) is 1.68. The Morgan fingerprint density at radius 2 is 2.05 bits per heavy atom. The molecule has 0 aliphatic carbocycles. The van der Waals surface area contributed by atoms with Crippen LogP contribution < -0.4 is 14.8 Å². The van der Waals surface area contributed by atoms with Gasteiger partial charge in [-0.1, -0.05) is 0 Å². The van der Waals surface area contributed by atoms with E-state index >= 15 is 0 Å². The number of ether oxygens (including phenoxy) is 2. The van der Waals surface area contributed by atoms with Crippen molar-refractivity contribution in [2.24, 2.45) is 0 Å². The average molecular weight is 303 g/mol. The lowest BCUT2D eigenvalue weighted by atomic mass is 10.2. The molecule has 1 aromatic carbocycles. The molecule has 0 spiro atoms. The standard InChI is InChI=1S/C16H21N3O3/c1-12-10-18-19(11-12)8-4-7-17-16(20)13-5-6-14(21-2)15(9-13)22-3/h5-6,9-11H,4,7-8H2,1-3H3,(H,17,20). The zero-order valence-electron chi connectivity index (χ0n) is 13.1. The molecule has 0 saturated heterocycles. The first-order valence-electron chi connectivity index (χ1n) is 7.13. The Kier molecular flexibility index (Phi) is 5.41. The van der Waals surface area contributed by atoms with E-state index in [4.69, 9.17) is 9.47 Å². The number of benzene rings is 1. The largest absolute Gasteiger partial charge is 0.493 e. The van der Waals surface area contributed by atoms with Gasteiger partial charge in [-0.15, -0.1) is 0 Å². The third-order valence-electron chi connectivity index (χ3n) is 3.26. The third kappa shape index (κ3) is 4.00. The molecule has 0 aliphatic rings. The van der Waals surface area contributed by atoms with Gasteiger partial charge in [-0.05, 0) is 37.1 Å². The zero-order valence-corrected chi connectivity index (χ0v) is 13.1. The minimum atomic E-state index is -0.127. The number of amides is 1. The highest BCUT2D eigenvalue weighted by Gasteiger charge is 2.10. The SMILES string of the molecule is COc1ccc(C(=O)NCCCn2cc(C)cn2)cc1OC. The second-order valence-electron chi connectivity index (χ2n) is 4.96. The number of nitrogens with zero attached hydrogens (tertiary/aromatic N) is 2. The Hall–Kier alpha value is -2.50. The van der Waals surface area contributed by atoms with Crippen LogP contribution >= 0.6 is 0 Å². The Balaban J connectivity index is 1.84. The van der Waals surface area contributed by atoms with Crippen LogP contribution in [0.4, 0.5) is 0 Å². The van der Waals surface area contributed by atoms with Crippen LogP contribution in [0.25, 0.3) is 0 Å². The highest BCUT2D eigenvalue weighted by Crippen LogP contribution is 2.27. The van der Waals surface area contributed by atoms with E-state index in [0.29, 0.717) is 23.6 Å². The van der Waals surface area contributed by atoms with Crippen LogP contribution in [0, 0.1) is 6.92 Å². The average Bonchev–Trinajstić information content (AvgIpc) is 2.96. The maximum Gasteiger partial charge on any atom is 0.251 e. The van der Waals surface area contributed by atoms with Crippen LogP contribution in [0.3, 0.4) is 0 Å². The summed E-state index contributed by atoms with van der Waals surface area (Å²) >= 11 is 0. The number of hydrogen-bond acceptors (Lipinski definition) is 4. The van der Waals surface area contributed by atoms with Crippen molar-refractivity contribution in [1.82, 2.24) is 15.1 Å². The molecule has 1 N–H and O–H groups in total. The second kappa shape index (κ2) is 7.49. The molecule has 1 heterocycles. The predicted molar refractivity (Wildman–Crippen MR) is 83.5 cm³/mol. The maximum absolute atomic E-state index is 12.1. The van der Waals surface area contributed by atoms with Crippen molar-refractivity contribution in [2.75, 3.05) is 20.8 Å². The maximum atomic E-state index is 12.1. The van der Waals surface area contributed by atoms with Crippen molar-refractivity contribution in [2.45, 2.75) is 19.9 Å². The summed E-state index contributed by atoms with van der Waals surface area (Å²) in [6, 6.07) is 5.11. The van der Waals surface area contributed by atoms with E-state index in [2.05, 4.69) is 10.4 Å². The summed E-state index contributed by atoms with van der Waals surface area (Å²) in [7, 11) is 3.11. The van der Waals surface area contributed by atoms with Crippen LogP contribution in [-0.2, 0) is 6.54 Å². The number of aryl methyl sites for hydroxylation is 2. The summed E-state index contributed by atoms with van der Waals surface area (Å²) in [6.07, 6.45) is 4.62. The van der Waals surface area contributed by atoms with Gasteiger partial charge in [0.25, 0.3) is 5.91 Å². The molecule has 6 nitrogen and oxygen atoms in total. The number of aromatic nitrogens is 2. The third-order valence-corrected chi connectivity index (χ3v) is 3.26. The van der Waals surface area contributed by atoms with Gasteiger partial charge in [0.2, 0.25) is 0 Å². The molecular formula is C16H21N3O3. The van der Waals surface area contributed by atoms with E-state index in [1.54, 1.807) is 32.4 Å². The molecule has 1 amide bonds. The molecule has 0 fully saturated rings. The van der Waals surface area contributed by atoms with Gasteiger partial charge in [0.1, 0.15) is 0 Å². The normalized spacial score (nSPS) is 10.3. The molecule has 0 aliphatic heterocycles. The molecule has 1 aromatic heterocycles. The highest BCUT2D eigenvalue weighted by molar-refractivity contribution is 5.94. The van der Waals surface area contributed by atoms with Gasteiger partial charge < -0.3 is 14.8 Å². The molecule has 0 radical (unpaired) electrons. The van der Waals surface area contributed by atoms with Gasteiger partial charge in [0.05, 0.1) is 20.4 Å². The van der Waals surface area contributed by atoms with Crippen molar-refractivity contribution in [3.8, 4) is 11.5 Å². The number of rotatable bonds is 7. The van der Waals surface area contributed by atoms with E-state index in [0.717, 1.165) is 18.5 Å². The minimum Gasteiger partial charge on any atom is -0.493 e. The van der Waals surface area contributed by atoms with Crippen LogP contribution in [0.15, 0.2) is 30.6 Å². The van der Waals surface area contributed by atoms with Crippen LogP contribution in [-0.4, -0.2) is 36.5 Å². The van der Waals surface area contributed by atoms with Crippen LogP contribution in [0.2, 0.25) is 0 Å². The lowest BCUT2D eigenvalue weighted by molar-refractivity contribution is 0.0952. The summed E-state index contributed by atoms with van der Waals surface area (Å²) in [5.74, 6) is 1.02. The predicted octanol–water partition coefficient (Wildman–Crippen LogP) is 2.03. The minimum absolute atomic E-state index is 0.127. The monoisotopic (exact) mass is 303 g/mol. The molecule has 0 atom stereocenters. The number of hydrogen-bond donors (Lipinski definition) is 1. The van der Waals surface area contributed by atoms with Crippen molar-refractivity contribution < 1.29 is 14.3 Å². The van der Waals surface area contributed by atoms with Gasteiger partial charge in [-0.3, -0.25) is 9.48 Å². The van der Waals surface area contributed by atoms with E-state index in [-0.39, 0.29) is 5.91 Å². The summed E-state index contributed by atoms with van der Waals surface area (Å²) in [4.78, 5) is 12.1. The molecule has 22 heavy (non-hydrogen) atoms. The molecule has 0 saturated carbocycles. The fourth-order valence-corrected chi connectivity index (χ4v) is 2.11. The Morgan fingerprint density at radius 3 is 2.68 bits per heavy atom. The quantitative estimate of drug-likeness (QED) is 0.795. The summed E-state index contributed by atoms with van der Waals surface area (Å²) < 4.78 is 12.2. The van der Waals surface area contributed by atoms with Gasteiger partial charge in [-0.25, -0.2) is 0 Å². The summed E-state index contributed by atoms with van der Waals surface area (Å²) in [6.45, 7) is 3.37. The lowest BCUT2D eigenvalue weighted by Crippen LogP contribution is -2.25. The van der Waals surface area contributed by atoms with Gasteiger partial charge in [0.15, 0.2) is 11.5 Å². The fourth-order valence-electron chi connectivity index (χ4n) is 2.11. The number of carbonyl (C=O) groups excluding carboxylic acids is 1. The van der Waals surface area contributed by atoms with Crippen molar-refractivity contribution >= 4 is 5.91 Å². The van der Waals surface area contributed by atoms with E-state index in [1.807, 2.05) is 24.0 Å². The molecule has 2 rings (SSSR count). The first-order valence-corrected chi connectivity index (χ1v) is 7.13. The topological polar surface area (TPSA) is 65.4 Å². The van der Waals surface area contributed by atoms with Crippen LogP contribution in [0.5, 0.6) is 11.5 Å². The van der Waals surface area contributed by atoms with Crippen molar-refractivity contribution in [1.29, 1.82) is 0 Å². The Morgan fingerprint density at radius 1 is 1.27 bits per heavy atom. The lowest BCUT2D eigenvalue weighted by Gasteiger charge is -2.10. The van der Waals surface area contributed by atoms with Crippen molar-refractivity contribution in [3.05, 3.63) is 41.7 Å². The zero-order chi connectivity index (χ0) is 15.9. The van der Waals surface area contributed by atoms with Gasteiger partial charge in [0, 0.05) is 24.8 Å². The van der Waals surface area contributed by atoms with E-state index < -0.39 is 0 Å².